The number of rotatable bonds is 6. The topological polar surface area (TPSA) is 54.3 Å². The summed E-state index contributed by atoms with van der Waals surface area (Å²) in [5, 5.41) is 2.09. The van der Waals surface area contributed by atoms with Crippen LogP contribution in [0.2, 0.25) is 0 Å². The monoisotopic (exact) mass is 1220 g/mol. The van der Waals surface area contributed by atoms with Gasteiger partial charge < -0.3 is 23.3 Å². The van der Waals surface area contributed by atoms with Crippen LogP contribution in [0.25, 0.3) is 50.1 Å². The van der Waals surface area contributed by atoms with Crippen LogP contribution in [0.1, 0.15) is 132 Å². The largest absolute Gasteiger partial charge is 0.510 e. The summed E-state index contributed by atoms with van der Waals surface area (Å²) in [6.07, 6.45) is 9.52. The van der Waals surface area contributed by atoms with Crippen molar-refractivity contribution in [2.45, 2.75) is 131 Å². The fraction of sp³-hybridized carbons (Fsp3) is 0.286. The average molecular weight is 1220 g/mol. The van der Waals surface area contributed by atoms with Gasteiger partial charge in [0.1, 0.15) is 28.8 Å². The first-order chi connectivity index (χ1) is 36.7. The number of fused-ring (bicyclic) bond motifs is 7. The van der Waals surface area contributed by atoms with E-state index in [1.165, 1.54) is 33.2 Å². The molecule has 7 nitrogen and oxygen atoms in total. The number of ether oxygens (including phenoxy) is 3. The molecule has 5 heterocycles. The first-order valence-corrected chi connectivity index (χ1v) is 27.4. The van der Waals surface area contributed by atoms with Gasteiger partial charge in [-0.2, -0.15) is 17.7 Å². The van der Waals surface area contributed by atoms with Gasteiger partial charge in [-0.05, 0) is 137 Å². The second kappa shape index (κ2) is 19.0. The molecule has 9 heteroatoms. The molecule has 0 saturated heterocycles. The van der Waals surface area contributed by atoms with Crippen molar-refractivity contribution in [3.63, 3.8) is 0 Å². The van der Waals surface area contributed by atoms with Gasteiger partial charge in [0.25, 0.3) is 13.0 Å². The molecule has 0 amide bonds. The predicted octanol–water partition coefficient (Wildman–Crippen LogP) is 15.3. The molecule has 0 saturated carbocycles. The molecule has 0 aliphatic carbocycles. The third-order valence-electron chi connectivity index (χ3n) is 15.8. The Morgan fingerprint density at radius 3 is 1.75 bits per heavy atom. The Kier molecular flexibility index (Phi) is 13.0. The summed E-state index contributed by atoms with van der Waals surface area (Å²) in [6.45, 7) is 33.6. The van der Waals surface area contributed by atoms with Crippen molar-refractivity contribution in [3.05, 3.63) is 192 Å². The van der Waals surface area contributed by atoms with Gasteiger partial charge in [-0.1, -0.05) is 158 Å². The fourth-order valence-electron chi connectivity index (χ4n) is 11.0. The minimum absolute atomic E-state index is 0. The van der Waals surface area contributed by atoms with Crippen molar-refractivity contribution in [1.29, 1.82) is 0 Å². The first kappa shape index (κ1) is 53.8. The van der Waals surface area contributed by atoms with E-state index in [9.17, 15) is 0 Å². The number of hydrogen-bond acceptors (Lipinski definition) is 4. The van der Waals surface area contributed by atoms with E-state index in [0.717, 1.165) is 84.1 Å². The maximum atomic E-state index is 6.96. The van der Waals surface area contributed by atoms with Gasteiger partial charge in [-0.15, -0.1) is 29.7 Å². The van der Waals surface area contributed by atoms with E-state index in [4.69, 9.17) is 19.2 Å². The van der Waals surface area contributed by atoms with Crippen LogP contribution in [0.5, 0.6) is 34.5 Å². The summed E-state index contributed by atoms with van der Waals surface area (Å²) >= 11 is 0. The molecule has 2 aliphatic heterocycles. The molecule has 10 aromatic rings. The molecule has 79 heavy (non-hydrogen) atoms. The normalized spacial score (nSPS) is 13.3. The number of benzene rings is 7. The van der Waals surface area contributed by atoms with E-state index in [1.54, 1.807) is 0 Å². The summed E-state index contributed by atoms with van der Waals surface area (Å²) in [7, 11) is 0. The van der Waals surface area contributed by atoms with Crippen LogP contribution >= 0.6 is 0 Å². The quantitative estimate of drug-likeness (QED) is 0.0946. The first-order valence-electron chi connectivity index (χ1n) is 27.4. The van der Waals surface area contributed by atoms with E-state index in [-0.39, 0.29) is 54.9 Å². The van der Waals surface area contributed by atoms with Crippen LogP contribution in [0.4, 0.5) is 0 Å². The van der Waals surface area contributed by atoms with Crippen molar-refractivity contribution in [2.24, 2.45) is 0 Å². The molecule has 0 spiro atoms. The van der Waals surface area contributed by atoms with Crippen LogP contribution in [0, 0.1) is 18.5 Å². The predicted molar refractivity (Wildman–Crippen MR) is 319 cm³/mol. The minimum Gasteiger partial charge on any atom is -0.510 e. The molecule has 0 atom stereocenters. The number of hydrogen-bond donors (Lipinski definition) is 0. The van der Waals surface area contributed by atoms with E-state index in [1.807, 2.05) is 33.8 Å². The summed E-state index contributed by atoms with van der Waals surface area (Å²) in [5.41, 5.74) is 15.0. The molecular formula is C70H69BN4O3Pt-2. The van der Waals surface area contributed by atoms with Gasteiger partial charge in [0.05, 0.1) is 5.69 Å². The molecule has 0 bridgehead atoms. The second-order valence-electron chi connectivity index (χ2n) is 26.7. The molecule has 3 aromatic heterocycles. The molecule has 0 fully saturated rings. The van der Waals surface area contributed by atoms with Crippen LogP contribution in [-0.2, 0) is 48.1 Å². The third kappa shape index (κ3) is 9.94. The molecule has 402 valence electrons. The number of nitrogens with zero attached hydrogens (tertiary/aromatic N) is 4. The van der Waals surface area contributed by atoms with Crippen molar-refractivity contribution < 1.29 is 39.8 Å². The summed E-state index contributed by atoms with van der Waals surface area (Å²) in [6, 6.07) is 53.3. The van der Waals surface area contributed by atoms with Crippen molar-refractivity contribution >= 4 is 44.9 Å². The second-order valence-corrected chi connectivity index (χ2v) is 26.7. The summed E-state index contributed by atoms with van der Waals surface area (Å²) < 4.78 is 27.0. The van der Waals surface area contributed by atoms with E-state index >= 15 is 0 Å². The zero-order chi connectivity index (χ0) is 55.0. The number of aromatic nitrogens is 4. The van der Waals surface area contributed by atoms with Gasteiger partial charge in [-0.25, -0.2) is 4.98 Å². The number of imidazole rings is 1. The van der Waals surface area contributed by atoms with Gasteiger partial charge in [0.2, 0.25) is 0 Å². The van der Waals surface area contributed by atoms with Crippen LogP contribution < -0.4 is 35.2 Å². The van der Waals surface area contributed by atoms with Gasteiger partial charge in [-0.3, -0.25) is 4.57 Å². The zero-order valence-corrected chi connectivity index (χ0v) is 50.5. The maximum Gasteiger partial charge on any atom is 0.267 e. The van der Waals surface area contributed by atoms with Crippen molar-refractivity contribution in [2.75, 3.05) is 0 Å². The Bertz CT molecular complexity index is 3970. The summed E-state index contributed by atoms with van der Waals surface area (Å²) in [5.74, 6) is 5.35. The maximum absolute atomic E-state index is 6.96. The third-order valence-corrected chi connectivity index (χ3v) is 15.8. The van der Waals surface area contributed by atoms with Crippen molar-refractivity contribution in [1.82, 2.24) is 14.1 Å². The SMILES string of the molecule is CC(C)(C)c1cc(Oc2[c-]c3c(cc2)c2cc(-c4cc5c6c(c4)Oc4ccc(C(C)(C)C)cc4B6c4cc(C(C)(C)C)ccc4O5)ccc2n3-c2cc(C(C)(C)C)ccn2)[c-]c(-n2[c-][n+](-c3cccc(C(C)(C)C)c3)cc2)c1.[Pt]. The van der Waals surface area contributed by atoms with Crippen molar-refractivity contribution in [3.8, 4) is 62.8 Å². The molecular weight excluding hydrogens is 1150 g/mol. The van der Waals surface area contributed by atoms with Gasteiger partial charge in [0, 0.05) is 62.1 Å². The zero-order valence-electron chi connectivity index (χ0n) is 48.3. The number of pyridine rings is 1. The van der Waals surface area contributed by atoms with Crippen LogP contribution in [0.3, 0.4) is 0 Å². The molecule has 2 aliphatic rings. The standard InChI is InChI=1S/C70H69BN4O3.Pt/c1-66(2,3)45-17-16-18-50(34-45)73-29-30-74(42-73)51-35-49(70(13,14)15)36-53(40-51)76-52-22-23-54-55-31-43(19-24-58(55)75(59(54)41-52)64-39-48(27-28-72-64)69(10,11)12)44-32-62-65-63(33-44)78-61-26-21-47(68(7,8)9)38-57(61)71(65)56-37-46(67(4,5)6)20-25-60(56)77-62;/h16-39H,1-15H3;/q-2;. The molecule has 0 unspecified atom stereocenters. The Morgan fingerprint density at radius 1 is 0.519 bits per heavy atom. The van der Waals surface area contributed by atoms with Gasteiger partial charge in [0.15, 0.2) is 0 Å². The fourth-order valence-corrected chi connectivity index (χ4v) is 11.0. The Labute approximate surface area is 482 Å². The molecule has 12 rings (SSSR count). The minimum atomic E-state index is -0.176. The molecule has 0 N–H and O–H groups in total. The Morgan fingerprint density at radius 2 is 1.13 bits per heavy atom. The van der Waals surface area contributed by atoms with Crippen LogP contribution in [0.15, 0.2) is 146 Å². The Balaban J connectivity index is 0.00000660. The molecule has 7 aromatic carbocycles. The Hall–Kier alpha value is -7.15. The van der Waals surface area contributed by atoms with E-state index in [2.05, 4.69) is 248 Å². The molecule has 0 radical (unpaired) electrons. The van der Waals surface area contributed by atoms with Crippen LogP contribution in [-0.4, -0.2) is 20.8 Å². The van der Waals surface area contributed by atoms with E-state index in [0.29, 0.717) is 11.5 Å². The summed E-state index contributed by atoms with van der Waals surface area (Å²) in [4.78, 5) is 5.03. The van der Waals surface area contributed by atoms with E-state index < -0.39 is 0 Å². The average Bonchev–Trinajstić information content (AvgIpc) is 4.20. The van der Waals surface area contributed by atoms with Gasteiger partial charge >= 0.3 is 0 Å². The smallest absolute Gasteiger partial charge is 0.267 e.